The molecule has 0 fully saturated rings. The summed E-state index contributed by atoms with van der Waals surface area (Å²) in [5.74, 6) is 1.51. The van der Waals surface area contributed by atoms with E-state index < -0.39 is 0 Å². The zero-order chi connectivity index (χ0) is 33.0. The Kier molecular flexibility index (Phi) is 6.46. The molecule has 4 nitrogen and oxygen atoms in total. The van der Waals surface area contributed by atoms with Crippen LogP contribution >= 0.6 is 0 Å². The van der Waals surface area contributed by atoms with Gasteiger partial charge in [0, 0.05) is 44.8 Å². The summed E-state index contributed by atoms with van der Waals surface area (Å²) in [4.78, 5) is 12.8. The minimum absolute atomic E-state index is 0.691. The van der Waals surface area contributed by atoms with E-state index in [0.717, 1.165) is 50.7 Å². The zero-order valence-electron chi connectivity index (χ0n) is 27.1. The Morgan fingerprint density at radius 1 is 0.420 bits per heavy atom. The van der Waals surface area contributed by atoms with E-state index in [1.165, 1.54) is 33.0 Å². The number of hydrogen-bond donors (Lipinski definition) is 0. The lowest BCUT2D eigenvalue weighted by Gasteiger charge is -2.28. The minimum atomic E-state index is 0.691. The Balaban J connectivity index is 1.35. The molecule has 234 valence electrons. The standard InChI is InChI=1S/C46H30N4/c1-4-16-31(17-5-1)39-30-43(48-46(47-39)32-18-6-2-7-19-32)50-41-27-15-13-25-38(41)44-42(50)29-28-37-35-23-11-10-22-34(35)36-24-12-14-26-40(36)49(45(37)44)33-20-8-3-9-21-33/h1-30H. The third-order valence-corrected chi connectivity index (χ3v) is 9.74. The first-order valence-corrected chi connectivity index (χ1v) is 16.9. The fourth-order valence-electron chi connectivity index (χ4n) is 7.58. The number of aromatic nitrogens is 3. The molecule has 4 heteroatoms. The molecule has 0 unspecified atom stereocenters. The predicted molar refractivity (Wildman–Crippen MR) is 206 cm³/mol. The van der Waals surface area contributed by atoms with Crippen molar-refractivity contribution in [1.29, 1.82) is 0 Å². The van der Waals surface area contributed by atoms with Crippen LogP contribution in [0, 0.1) is 0 Å². The monoisotopic (exact) mass is 638 g/mol. The molecule has 0 radical (unpaired) electrons. The normalized spacial score (nSPS) is 12.0. The molecule has 0 N–H and O–H groups in total. The van der Waals surface area contributed by atoms with E-state index in [4.69, 9.17) is 9.97 Å². The second-order valence-corrected chi connectivity index (χ2v) is 12.6. The third kappa shape index (κ3) is 4.39. The molecule has 3 heterocycles. The van der Waals surface area contributed by atoms with E-state index in [0.29, 0.717) is 5.82 Å². The topological polar surface area (TPSA) is 34.0 Å². The number of rotatable bonds is 4. The van der Waals surface area contributed by atoms with Gasteiger partial charge in [0.1, 0.15) is 5.82 Å². The van der Waals surface area contributed by atoms with Crippen molar-refractivity contribution in [3.63, 3.8) is 0 Å². The van der Waals surface area contributed by atoms with Gasteiger partial charge in [-0.15, -0.1) is 0 Å². The van der Waals surface area contributed by atoms with Crippen LogP contribution in [0.5, 0.6) is 0 Å². The lowest BCUT2D eigenvalue weighted by atomic mass is 9.93. The van der Waals surface area contributed by atoms with Crippen molar-refractivity contribution < 1.29 is 0 Å². The Labute approximate surface area is 290 Å². The van der Waals surface area contributed by atoms with Crippen LogP contribution in [0.3, 0.4) is 0 Å². The summed E-state index contributed by atoms with van der Waals surface area (Å²) in [5, 5.41) is 2.34. The van der Waals surface area contributed by atoms with Gasteiger partial charge in [0.2, 0.25) is 0 Å². The smallest absolute Gasteiger partial charge is 0.162 e. The molecule has 0 aliphatic carbocycles. The Hall–Kier alpha value is -6.78. The van der Waals surface area contributed by atoms with Gasteiger partial charge in [-0.25, -0.2) is 9.97 Å². The molecular formula is C46H30N4. The molecule has 9 aromatic rings. The van der Waals surface area contributed by atoms with Crippen molar-refractivity contribution in [3.8, 4) is 50.7 Å². The van der Waals surface area contributed by atoms with Crippen molar-refractivity contribution in [3.05, 3.63) is 182 Å². The van der Waals surface area contributed by atoms with Crippen LogP contribution in [0.2, 0.25) is 0 Å². The van der Waals surface area contributed by atoms with E-state index in [9.17, 15) is 0 Å². The quantitative estimate of drug-likeness (QED) is 0.192. The second-order valence-electron chi connectivity index (χ2n) is 12.6. The highest BCUT2D eigenvalue weighted by Crippen LogP contribution is 2.54. The van der Waals surface area contributed by atoms with Crippen LogP contribution < -0.4 is 4.90 Å². The maximum atomic E-state index is 5.29. The number of benzene rings is 7. The van der Waals surface area contributed by atoms with Crippen LogP contribution in [0.25, 0.3) is 72.5 Å². The van der Waals surface area contributed by atoms with Gasteiger partial charge in [-0.3, -0.25) is 4.57 Å². The molecule has 10 rings (SSSR count). The molecule has 0 bridgehead atoms. The van der Waals surface area contributed by atoms with E-state index in [1.807, 2.05) is 24.3 Å². The molecule has 0 spiro atoms. The van der Waals surface area contributed by atoms with Crippen LogP contribution in [-0.2, 0) is 0 Å². The van der Waals surface area contributed by atoms with Crippen molar-refractivity contribution in [2.24, 2.45) is 0 Å². The molecule has 0 amide bonds. The van der Waals surface area contributed by atoms with Gasteiger partial charge in [-0.2, -0.15) is 0 Å². The Bertz CT molecular complexity index is 2640. The van der Waals surface area contributed by atoms with Crippen LogP contribution in [0.1, 0.15) is 0 Å². The van der Waals surface area contributed by atoms with Crippen molar-refractivity contribution in [2.75, 3.05) is 4.90 Å². The lowest BCUT2D eigenvalue weighted by molar-refractivity contribution is 1.05. The number of nitrogens with zero attached hydrogens (tertiary/aromatic N) is 4. The molecule has 7 aromatic carbocycles. The maximum Gasteiger partial charge on any atom is 0.162 e. The van der Waals surface area contributed by atoms with Crippen LogP contribution in [0.4, 0.5) is 17.1 Å². The molecule has 1 aliphatic heterocycles. The largest absolute Gasteiger partial charge is 0.309 e. The molecule has 1 aliphatic rings. The summed E-state index contributed by atoms with van der Waals surface area (Å²) in [6.07, 6.45) is 0. The van der Waals surface area contributed by atoms with Crippen LogP contribution in [0.15, 0.2) is 182 Å². The van der Waals surface area contributed by atoms with Gasteiger partial charge >= 0.3 is 0 Å². The SMILES string of the molecule is c1ccc(-c2cc(-n3c4ccccc4c4c5c(ccc43)-c3ccccc3-c3ccccc3N5c3ccccc3)nc(-c3ccccc3)n2)cc1. The van der Waals surface area contributed by atoms with Crippen LogP contribution in [-0.4, -0.2) is 14.5 Å². The summed E-state index contributed by atoms with van der Waals surface area (Å²) in [7, 11) is 0. The fourth-order valence-corrected chi connectivity index (χ4v) is 7.58. The van der Waals surface area contributed by atoms with Gasteiger partial charge in [0.05, 0.1) is 28.1 Å². The highest BCUT2D eigenvalue weighted by atomic mass is 15.2. The number of fused-ring (bicyclic) bond motifs is 9. The summed E-state index contributed by atoms with van der Waals surface area (Å²) in [6, 6.07) is 64.3. The lowest BCUT2D eigenvalue weighted by Crippen LogP contribution is -2.11. The van der Waals surface area contributed by atoms with E-state index in [1.54, 1.807) is 0 Å². The fraction of sp³-hybridized carbons (Fsp3) is 0. The summed E-state index contributed by atoms with van der Waals surface area (Å²) < 4.78 is 2.32. The molecule has 0 saturated heterocycles. The van der Waals surface area contributed by atoms with E-state index >= 15 is 0 Å². The molecule has 0 saturated carbocycles. The van der Waals surface area contributed by atoms with E-state index in [2.05, 4.69) is 167 Å². The summed E-state index contributed by atoms with van der Waals surface area (Å²) in [6.45, 7) is 0. The predicted octanol–water partition coefficient (Wildman–Crippen LogP) is 12.0. The summed E-state index contributed by atoms with van der Waals surface area (Å²) in [5.41, 5.74) is 13.3. The molecule has 2 aromatic heterocycles. The maximum absolute atomic E-state index is 5.29. The van der Waals surface area contributed by atoms with Gasteiger partial charge in [0.15, 0.2) is 5.82 Å². The molecule has 50 heavy (non-hydrogen) atoms. The van der Waals surface area contributed by atoms with Gasteiger partial charge < -0.3 is 4.90 Å². The zero-order valence-corrected chi connectivity index (χ0v) is 27.1. The van der Waals surface area contributed by atoms with Crippen molar-refractivity contribution in [2.45, 2.75) is 0 Å². The number of hydrogen-bond acceptors (Lipinski definition) is 3. The molecule has 0 atom stereocenters. The second kappa shape index (κ2) is 11.4. The number of anilines is 3. The van der Waals surface area contributed by atoms with Crippen molar-refractivity contribution >= 4 is 38.9 Å². The highest BCUT2D eigenvalue weighted by molar-refractivity contribution is 6.21. The van der Waals surface area contributed by atoms with Gasteiger partial charge in [-0.05, 0) is 41.5 Å². The average Bonchev–Trinajstić information content (AvgIpc) is 3.47. The number of para-hydroxylation sites is 3. The first-order chi connectivity index (χ1) is 24.8. The Morgan fingerprint density at radius 2 is 1.02 bits per heavy atom. The van der Waals surface area contributed by atoms with E-state index in [-0.39, 0.29) is 0 Å². The minimum Gasteiger partial charge on any atom is -0.309 e. The van der Waals surface area contributed by atoms with Gasteiger partial charge in [-0.1, -0.05) is 146 Å². The summed E-state index contributed by atoms with van der Waals surface area (Å²) >= 11 is 0. The Morgan fingerprint density at radius 3 is 1.78 bits per heavy atom. The third-order valence-electron chi connectivity index (χ3n) is 9.74. The first-order valence-electron chi connectivity index (χ1n) is 16.9. The highest BCUT2D eigenvalue weighted by Gasteiger charge is 2.30. The van der Waals surface area contributed by atoms with Crippen molar-refractivity contribution in [1.82, 2.24) is 14.5 Å². The first kappa shape index (κ1) is 28.3. The van der Waals surface area contributed by atoms with Gasteiger partial charge in [0.25, 0.3) is 0 Å². The molecular weight excluding hydrogens is 609 g/mol. The average molecular weight is 639 g/mol.